The van der Waals surface area contributed by atoms with Gasteiger partial charge < -0.3 is 9.32 Å². The maximum absolute atomic E-state index is 13.0. The highest BCUT2D eigenvalue weighted by atomic mass is 16.3. The highest BCUT2D eigenvalue weighted by Gasteiger charge is 2.30. The van der Waals surface area contributed by atoms with Crippen molar-refractivity contribution in [1.29, 1.82) is 0 Å². The molecule has 0 N–H and O–H groups in total. The van der Waals surface area contributed by atoms with Crippen LogP contribution in [0.25, 0.3) is 0 Å². The van der Waals surface area contributed by atoms with Crippen LogP contribution in [0.5, 0.6) is 0 Å². The number of piperidine rings is 1. The van der Waals surface area contributed by atoms with Gasteiger partial charge in [0.25, 0.3) is 0 Å². The monoisotopic (exact) mass is 330 g/mol. The molecule has 1 aliphatic heterocycles. The SMILES string of the molecule is Cc1nc(C)n([C@@H]2CCCN(C(=O)[C@@H](C)c3cc(C)oc3C)C2)n1. The van der Waals surface area contributed by atoms with Crippen molar-refractivity contribution in [3.63, 3.8) is 0 Å². The van der Waals surface area contributed by atoms with E-state index in [1.807, 2.05) is 50.3 Å². The van der Waals surface area contributed by atoms with Crippen LogP contribution in [0.4, 0.5) is 0 Å². The molecular weight excluding hydrogens is 304 g/mol. The molecule has 6 heteroatoms. The van der Waals surface area contributed by atoms with E-state index >= 15 is 0 Å². The van der Waals surface area contributed by atoms with Crippen LogP contribution in [0.2, 0.25) is 0 Å². The molecule has 2 aromatic rings. The number of hydrogen-bond donors (Lipinski definition) is 0. The van der Waals surface area contributed by atoms with Gasteiger partial charge in [0.2, 0.25) is 5.91 Å². The Morgan fingerprint density at radius 2 is 2.08 bits per heavy atom. The Labute approximate surface area is 142 Å². The third-order valence-corrected chi connectivity index (χ3v) is 4.88. The second-order valence-corrected chi connectivity index (χ2v) is 6.82. The van der Waals surface area contributed by atoms with E-state index in [-0.39, 0.29) is 17.9 Å². The maximum Gasteiger partial charge on any atom is 0.230 e. The summed E-state index contributed by atoms with van der Waals surface area (Å²) in [5.74, 6) is 3.38. The zero-order valence-electron chi connectivity index (χ0n) is 15.2. The van der Waals surface area contributed by atoms with Crippen LogP contribution in [0.3, 0.4) is 0 Å². The van der Waals surface area contributed by atoms with Crippen LogP contribution in [-0.4, -0.2) is 38.7 Å². The second-order valence-electron chi connectivity index (χ2n) is 6.82. The van der Waals surface area contributed by atoms with Crippen molar-refractivity contribution >= 4 is 5.91 Å². The summed E-state index contributed by atoms with van der Waals surface area (Å²) in [7, 11) is 0. The van der Waals surface area contributed by atoms with Crippen molar-refractivity contribution < 1.29 is 9.21 Å². The van der Waals surface area contributed by atoms with Gasteiger partial charge >= 0.3 is 0 Å². The van der Waals surface area contributed by atoms with E-state index in [1.54, 1.807) is 0 Å². The minimum Gasteiger partial charge on any atom is -0.466 e. The van der Waals surface area contributed by atoms with Crippen molar-refractivity contribution in [3.8, 4) is 0 Å². The molecule has 0 radical (unpaired) electrons. The standard InChI is InChI=1S/C18H26N4O2/c1-11-9-17(13(3)24-11)12(2)18(23)21-8-6-7-16(10-21)22-15(5)19-14(4)20-22/h9,12,16H,6-8,10H2,1-5H3/t12-,16+/m0/s1. The molecule has 1 fully saturated rings. The lowest BCUT2D eigenvalue weighted by molar-refractivity contribution is -0.134. The summed E-state index contributed by atoms with van der Waals surface area (Å²) < 4.78 is 7.57. The largest absolute Gasteiger partial charge is 0.466 e. The Kier molecular flexibility index (Phi) is 4.47. The van der Waals surface area contributed by atoms with E-state index in [0.717, 1.165) is 48.1 Å². The summed E-state index contributed by atoms with van der Waals surface area (Å²) in [6.45, 7) is 11.2. The number of rotatable bonds is 3. The zero-order chi connectivity index (χ0) is 17.4. The summed E-state index contributed by atoms with van der Waals surface area (Å²) in [6.07, 6.45) is 2.02. The number of furan rings is 1. The highest BCUT2D eigenvalue weighted by Crippen LogP contribution is 2.28. The molecule has 0 bridgehead atoms. The minimum atomic E-state index is -0.181. The van der Waals surface area contributed by atoms with E-state index in [9.17, 15) is 4.79 Å². The molecular formula is C18H26N4O2. The predicted octanol–water partition coefficient (Wildman–Crippen LogP) is 3.07. The Balaban J connectivity index is 1.75. The molecule has 0 saturated carbocycles. The maximum atomic E-state index is 13.0. The fourth-order valence-electron chi connectivity index (χ4n) is 3.72. The average Bonchev–Trinajstić information content (AvgIpc) is 3.06. The quantitative estimate of drug-likeness (QED) is 0.867. The number of carbonyl (C=O) groups excluding carboxylic acids is 1. The molecule has 6 nitrogen and oxygen atoms in total. The van der Waals surface area contributed by atoms with E-state index in [2.05, 4.69) is 10.1 Å². The van der Waals surface area contributed by atoms with Crippen LogP contribution < -0.4 is 0 Å². The van der Waals surface area contributed by atoms with Crippen molar-refractivity contribution in [2.75, 3.05) is 13.1 Å². The van der Waals surface area contributed by atoms with E-state index in [0.29, 0.717) is 6.54 Å². The minimum absolute atomic E-state index is 0.165. The predicted molar refractivity (Wildman–Crippen MR) is 90.9 cm³/mol. The normalized spacial score (nSPS) is 19.5. The van der Waals surface area contributed by atoms with Gasteiger partial charge in [-0.25, -0.2) is 9.67 Å². The molecule has 2 atom stereocenters. The molecule has 1 saturated heterocycles. The van der Waals surface area contributed by atoms with E-state index in [4.69, 9.17) is 4.42 Å². The van der Waals surface area contributed by atoms with Crippen LogP contribution in [-0.2, 0) is 4.79 Å². The molecule has 130 valence electrons. The molecule has 1 amide bonds. The third kappa shape index (κ3) is 3.09. The van der Waals surface area contributed by atoms with Gasteiger partial charge in [0.15, 0.2) is 0 Å². The highest BCUT2D eigenvalue weighted by molar-refractivity contribution is 5.83. The van der Waals surface area contributed by atoms with Crippen molar-refractivity contribution in [3.05, 3.63) is 34.8 Å². The van der Waals surface area contributed by atoms with Crippen LogP contribution >= 0.6 is 0 Å². The molecule has 24 heavy (non-hydrogen) atoms. The molecule has 0 aromatic carbocycles. The van der Waals surface area contributed by atoms with Crippen LogP contribution in [0.15, 0.2) is 10.5 Å². The first-order chi connectivity index (χ1) is 11.4. The van der Waals surface area contributed by atoms with Gasteiger partial charge in [0.1, 0.15) is 23.2 Å². The number of aryl methyl sites for hydroxylation is 4. The fourth-order valence-corrected chi connectivity index (χ4v) is 3.72. The summed E-state index contributed by atoms with van der Waals surface area (Å²) >= 11 is 0. The summed E-state index contributed by atoms with van der Waals surface area (Å²) in [4.78, 5) is 19.3. The smallest absolute Gasteiger partial charge is 0.230 e. The summed E-state index contributed by atoms with van der Waals surface area (Å²) in [6, 6.07) is 2.19. The molecule has 3 rings (SSSR count). The summed E-state index contributed by atoms with van der Waals surface area (Å²) in [5.41, 5.74) is 0.993. The topological polar surface area (TPSA) is 64.2 Å². The number of amides is 1. The molecule has 0 aliphatic carbocycles. The Bertz CT molecular complexity index is 746. The van der Waals surface area contributed by atoms with Gasteiger partial charge in [-0.3, -0.25) is 4.79 Å². The lowest BCUT2D eigenvalue weighted by Crippen LogP contribution is -2.43. The number of aromatic nitrogens is 3. The zero-order valence-corrected chi connectivity index (χ0v) is 15.2. The van der Waals surface area contributed by atoms with Gasteiger partial charge in [-0.1, -0.05) is 0 Å². The molecule has 1 aliphatic rings. The molecule has 0 unspecified atom stereocenters. The third-order valence-electron chi connectivity index (χ3n) is 4.88. The number of likely N-dealkylation sites (tertiary alicyclic amines) is 1. The number of hydrogen-bond acceptors (Lipinski definition) is 4. The number of carbonyl (C=O) groups is 1. The lowest BCUT2D eigenvalue weighted by Gasteiger charge is -2.34. The second kappa shape index (κ2) is 6.42. The van der Waals surface area contributed by atoms with Crippen molar-refractivity contribution in [1.82, 2.24) is 19.7 Å². The lowest BCUT2D eigenvalue weighted by atomic mass is 9.97. The first-order valence-electron chi connectivity index (χ1n) is 8.62. The first kappa shape index (κ1) is 16.7. The van der Waals surface area contributed by atoms with Crippen molar-refractivity contribution in [2.24, 2.45) is 0 Å². The molecule has 3 heterocycles. The van der Waals surface area contributed by atoms with Gasteiger partial charge in [0, 0.05) is 18.7 Å². The van der Waals surface area contributed by atoms with Gasteiger partial charge in [0.05, 0.1) is 12.0 Å². The number of nitrogens with zero attached hydrogens (tertiary/aromatic N) is 4. The van der Waals surface area contributed by atoms with Gasteiger partial charge in [-0.2, -0.15) is 5.10 Å². The Morgan fingerprint density at radius 1 is 1.33 bits per heavy atom. The summed E-state index contributed by atoms with van der Waals surface area (Å²) in [5, 5.41) is 4.50. The molecule has 2 aromatic heterocycles. The Hall–Kier alpha value is -2.11. The first-order valence-corrected chi connectivity index (χ1v) is 8.62. The van der Waals surface area contributed by atoms with Crippen LogP contribution in [0, 0.1) is 27.7 Å². The molecule has 0 spiro atoms. The van der Waals surface area contributed by atoms with Crippen molar-refractivity contribution in [2.45, 2.75) is 59.4 Å². The Morgan fingerprint density at radius 3 is 2.67 bits per heavy atom. The average molecular weight is 330 g/mol. The van der Waals surface area contributed by atoms with Gasteiger partial charge in [-0.15, -0.1) is 0 Å². The van der Waals surface area contributed by atoms with Gasteiger partial charge in [-0.05, 0) is 53.5 Å². The fraction of sp³-hybridized carbons (Fsp3) is 0.611. The van der Waals surface area contributed by atoms with Crippen LogP contribution in [0.1, 0.15) is 60.5 Å². The van der Waals surface area contributed by atoms with E-state index in [1.165, 1.54) is 0 Å². The van der Waals surface area contributed by atoms with E-state index < -0.39 is 0 Å².